The van der Waals surface area contributed by atoms with E-state index in [2.05, 4.69) is 10.1 Å². The first-order chi connectivity index (χ1) is 7.08. The second-order valence-corrected chi connectivity index (χ2v) is 4.49. The van der Waals surface area contributed by atoms with Crippen molar-refractivity contribution in [1.82, 2.24) is 14.6 Å². The van der Waals surface area contributed by atoms with Crippen LogP contribution in [0, 0.1) is 13.8 Å². The minimum Gasteiger partial charge on any atom is -0.320 e. The monoisotopic (exact) mass is 202 g/mol. The maximum absolute atomic E-state index is 6.12. The fraction of sp³-hybridized carbons (Fsp3) is 0.455. The molecule has 0 atom stereocenters. The molecule has 3 rings (SSSR count). The van der Waals surface area contributed by atoms with Gasteiger partial charge in [0.05, 0.1) is 11.2 Å². The van der Waals surface area contributed by atoms with Gasteiger partial charge in [0, 0.05) is 17.5 Å². The third-order valence-corrected chi connectivity index (χ3v) is 3.03. The lowest BCUT2D eigenvalue weighted by molar-refractivity contribution is 0.688. The Morgan fingerprint density at radius 3 is 2.73 bits per heavy atom. The standard InChI is InChI=1S/C11H14N4/c1-7-5-8(2)15-10(13-7)6-9(14-15)11(12)3-4-11/h5-6H,3-4,12H2,1-2H3. The number of nitrogens with zero attached hydrogens (tertiary/aromatic N) is 3. The Bertz CT molecular complexity index is 537. The van der Waals surface area contributed by atoms with Crippen LogP contribution in [-0.4, -0.2) is 14.6 Å². The highest BCUT2D eigenvalue weighted by Crippen LogP contribution is 2.41. The fourth-order valence-electron chi connectivity index (χ4n) is 1.92. The van der Waals surface area contributed by atoms with Gasteiger partial charge in [0.1, 0.15) is 0 Å². The minimum atomic E-state index is -0.173. The Kier molecular flexibility index (Phi) is 1.52. The highest BCUT2D eigenvalue weighted by atomic mass is 15.3. The smallest absolute Gasteiger partial charge is 0.155 e. The van der Waals surface area contributed by atoms with E-state index in [1.54, 1.807) is 0 Å². The zero-order valence-electron chi connectivity index (χ0n) is 8.99. The van der Waals surface area contributed by atoms with Crippen molar-refractivity contribution in [3.8, 4) is 0 Å². The zero-order valence-corrected chi connectivity index (χ0v) is 8.99. The Morgan fingerprint density at radius 1 is 1.33 bits per heavy atom. The Balaban J connectivity index is 2.25. The molecule has 0 spiro atoms. The predicted octanol–water partition coefficient (Wildman–Crippen LogP) is 1.29. The maximum Gasteiger partial charge on any atom is 0.155 e. The molecule has 4 heteroatoms. The van der Waals surface area contributed by atoms with Crippen LogP contribution >= 0.6 is 0 Å². The fourth-order valence-corrected chi connectivity index (χ4v) is 1.92. The molecule has 15 heavy (non-hydrogen) atoms. The van der Waals surface area contributed by atoms with Crippen LogP contribution in [0.5, 0.6) is 0 Å². The van der Waals surface area contributed by atoms with Crippen molar-refractivity contribution in [2.45, 2.75) is 32.2 Å². The van der Waals surface area contributed by atoms with Crippen LogP contribution in [0.1, 0.15) is 29.9 Å². The molecule has 0 aliphatic heterocycles. The van der Waals surface area contributed by atoms with Crippen LogP contribution in [0.25, 0.3) is 5.65 Å². The average molecular weight is 202 g/mol. The van der Waals surface area contributed by atoms with E-state index < -0.39 is 0 Å². The van der Waals surface area contributed by atoms with Gasteiger partial charge >= 0.3 is 0 Å². The summed E-state index contributed by atoms with van der Waals surface area (Å²) in [5.74, 6) is 0. The number of hydrogen-bond donors (Lipinski definition) is 1. The molecule has 78 valence electrons. The van der Waals surface area contributed by atoms with Gasteiger partial charge in [0.2, 0.25) is 0 Å². The van der Waals surface area contributed by atoms with E-state index in [4.69, 9.17) is 5.73 Å². The van der Waals surface area contributed by atoms with Gasteiger partial charge in [0.25, 0.3) is 0 Å². The summed E-state index contributed by atoms with van der Waals surface area (Å²) >= 11 is 0. The largest absolute Gasteiger partial charge is 0.320 e. The molecule has 2 aromatic heterocycles. The van der Waals surface area contributed by atoms with Crippen LogP contribution < -0.4 is 5.73 Å². The topological polar surface area (TPSA) is 56.2 Å². The Morgan fingerprint density at radius 2 is 2.07 bits per heavy atom. The quantitative estimate of drug-likeness (QED) is 0.758. The van der Waals surface area contributed by atoms with Crippen molar-refractivity contribution >= 4 is 5.65 Å². The van der Waals surface area contributed by atoms with Crippen molar-refractivity contribution in [3.05, 3.63) is 29.2 Å². The van der Waals surface area contributed by atoms with E-state index in [9.17, 15) is 0 Å². The van der Waals surface area contributed by atoms with Gasteiger partial charge in [-0.05, 0) is 32.8 Å². The normalized spacial score (nSPS) is 18.3. The summed E-state index contributed by atoms with van der Waals surface area (Å²) in [4.78, 5) is 4.44. The second kappa shape index (κ2) is 2.58. The second-order valence-electron chi connectivity index (χ2n) is 4.49. The lowest BCUT2D eigenvalue weighted by Crippen LogP contribution is -2.19. The molecule has 0 saturated heterocycles. The molecule has 1 aliphatic carbocycles. The third-order valence-electron chi connectivity index (χ3n) is 3.03. The van der Waals surface area contributed by atoms with Crippen LogP contribution in [0.3, 0.4) is 0 Å². The van der Waals surface area contributed by atoms with Crippen molar-refractivity contribution < 1.29 is 0 Å². The number of rotatable bonds is 1. The third kappa shape index (κ3) is 1.25. The van der Waals surface area contributed by atoms with Crippen LogP contribution in [-0.2, 0) is 5.54 Å². The predicted molar refractivity (Wildman–Crippen MR) is 57.6 cm³/mol. The first-order valence-corrected chi connectivity index (χ1v) is 5.22. The Hall–Kier alpha value is -1.42. The zero-order chi connectivity index (χ0) is 10.6. The molecular weight excluding hydrogens is 188 g/mol. The molecule has 4 nitrogen and oxygen atoms in total. The number of aryl methyl sites for hydroxylation is 2. The molecule has 1 fully saturated rings. The summed E-state index contributed by atoms with van der Waals surface area (Å²) in [6.45, 7) is 4.03. The van der Waals surface area contributed by atoms with Crippen LogP contribution in [0.4, 0.5) is 0 Å². The first-order valence-electron chi connectivity index (χ1n) is 5.22. The minimum absolute atomic E-state index is 0.173. The number of fused-ring (bicyclic) bond motifs is 1. The van der Waals surface area contributed by atoms with Crippen LogP contribution in [0.2, 0.25) is 0 Å². The molecule has 0 amide bonds. The van der Waals surface area contributed by atoms with E-state index in [1.165, 1.54) is 0 Å². The molecule has 2 heterocycles. The lowest BCUT2D eigenvalue weighted by atomic mass is 10.2. The summed E-state index contributed by atoms with van der Waals surface area (Å²) < 4.78 is 1.87. The molecule has 0 unspecified atom stereocenters. The lowest BCUT2D eigenvalue weighted by Gasteiger charge is -2.01. The van der Waals surface area contributed by atoms with Crippen molar-refractivity contribution in [1.29, 1.82) is 0 Å². The van der Waals surface area contributed by atoms with E-state index in [0.717, 1.165) is 35.6 Å². The maximum atomic E-state index is 6.12. The molecule has 0 bridgehead atoms. The van der Waals surface area contributed by atoms with E-state index in [-0.39, 0.29) is 5.54 Å². The Labute approximate surface area is 88.1 Å². The molecule has 2 aromatic rings. The SMILES string of the molecule is Cc1cc(C)n2nc(C3(N)CC3)cc2n1. The number of aromatic nitrogens is 3. The highest BCUT2D eigenvalue weighted by molar-refractivity contribution is 5.44. The average Bonchev–Trinajstić information content (AvgIpc) is 2.77. The number of hydrogen-bond acceptors (Lipinski definition) is 3. The van der Waals surface area contributed by atoms with Gasteiger partial charge in [-0.15, -0.1) is 0 Å². The van der Waals surface area contributed by atoms with E-state index in [0.29, 0.717) is 0 Å². The summed E-state index contributed by atoms with van der Waals surface area (Å²) in [6.07, 6.45) is 2.07. The van der Waals surface area contributed by atoms with Gasteiger partial charge in [0.15, 0.2) is 5.65 Å². The molecule has 0 aromatic carbocycles. The summed E-state index contributed by atoms with van der Waals surface area (Å²) in [7, 11) is 0. The van der Waals surface area contributed by atoms with Gasteiger partial charge in [-0.3, -0.25) is 0 Å². The van der Waals surface area contributed by atoms with Gasteiger partial charge in [-0.25, -0.2) is 9.50 Å². The van der Waals surface area contributed by atoms with E-state index in [1.807, 2.05) is 30.5 Å². The molecule has 1 aliphatic rings. The van der Waals surface area contributed by atoms with E-state index >= 15 is 0 Å². The molecule has 0 radical (unpaired) electrons. The molecule has 1 saturated carbocycles. The first kappa shape index (κ1) is 8.85. The van der Waals surface area contributed by atoms with Crippen molar-refractivity contribution in [3.63, 3.8) is 0 Å². The van der Waals surface area contributed by atoms with Crippen molar-refractivity contribution in [2.75, 3.05) is 0 Å². The highest BCUT2D eigenvalue weighted by Gasteiger charge is 2.42. The van der Waals surface area contributed by atoms with Crippen LogP contribution in [0.15, 0.2) is 12.1 Å². The number of nitrogens with two attached hydrogens (primary N) is 1. The van der Waals surface area contributed by atoms with Gasteiger partial charge < -0.3 is 5.73 Å². The summed E-state index contributed by atoms with van der Waals surface area (Å²) in [5, 5.41) is 4.52. The van der Waals surface area contributed by atoms with Gasteiger partial charge in [-0.2, -0.15) is 5.10 Å². The molecular formula is C11H14N4. The molecule has 2 N–H and O–H groups in total. The van der Waals surface area contributed by atoms with Crippen molar-refractivity contribution in [2.24, 2.45) is 5.73 Å². The van der Waals surface area contributed by atoms with Gasteiger partial charge in [-0.1, -0.05) is 0 Å². The summed E-state index contributed by atoms with van der Waals surface area (Å²) in [5.41, 5.74) is 9.95. The summed E-state index contributed by atoms with van der Waals surface area (Å²) in [6, 6.07) is 4.03.